The number of unbranched alkanes of at least 4 members (excludes halogenated alkanes) is 3. The molecule has 2 aromatic heterocycles. The van der Waals surface area contributed by atoms with Gasteiger partial charge in [0.15, 0.2) is 44.2 Å². The molecule has 0 bridgehead atoms. The van der Waals surface area contributed by atoms with Crippen LogP contribution >= 0.6 is 46.6 Å². The van der Waals surface area contributed by atoms with E-state index in [9.17, 15) is 19.8 Å². The number of benzene rings is 4. The standard InChI is InChI=1S/C42H39IN8O7S2/c43-30-19-33-34(57-22-56-33)20-35(30)60-42-50-37-38(44)47-21-48-39(37)51(42)15-5-13-45-12-3-1-2-4-14-46-41(59)49-23-6-9-26(29(16-23)40(54)55)36-27-10-7-24(52)17-31(27)58-32-18-25(53)8-11-28(32)36/h6-11,16-21,45,52H,1-5,12-15,22H2,(H,54,55)(H2,44,47,48)(H2,46,49,59). The van der Waals surface area contributed by atoms with Gasteiger partial charge in [-0.2, -0.15) is 0 Å². The Kier molecular flexibility index (Phi) is 12.5. The van der Waals surface area contributed by atoms with E-state index in [0.29, 0.717) is 74.3 Å². The number of halogens is 1. The number of imidazole rings is 1. The van der Waals surface area contributed by atoms with Crippen LogP contribution < -0.4 is 36.6 Å². The summed E-state index contributed by atoms with van der Waals surface area (Å²) < 4.78 is 20.2. The number of carbonyl (C=O) groups is 1. The molecular weight excluding hydrogens is 920 g/mol. The second-order valence-electron chi connectivity index (χ2n) is 14.0. The Balaban J connectivity index is 0.784. The van der Waals surface area contributed by atoms with Crippen LogP contribution in [-0.2, 0) is 6.54 Å². The van der Waals surface area contributed by atoms with Gasteiger partial charge in [0.05, 0.1) is 5.56 Å². The molecule has 5 aromatic rings. The van der Waals surface area contributed by atoms with E-state index < -0.39 is 5.97 Å². The first kappa shape index (κ1) is 41.1. The Morgan fingerprint density at radius 1 is 0.933 bits per heavy atom. The number of nitrogens with zero attached hydrogens (tertiary/aromatic N) is 4. The van der Waals surface area contributed by atoms with Crippen LogP contribution in [0.4, 0.5) is 11.5 Å². The van der Waals surface area contributed by atoms with Crippen molar-refractivity contribution in [2.24, 2.45) is 0 Å². The number of carboxylic acid groups (broad SMARTS) is 1. The molecule has 60 heavy (non-hydrogen) atoms. The SMILES string of the molecule is Nc1ncnc2c1nc(Sc1cc3c(cc1I)OCO3)n2CCCNCCCCCCNC(=S)Nc1ccc(-c2c3ccc(=O)cc-3oc3cc(O)ccc23)c(C(=O)O)c1. The van der Waals surface area contributed by atoms with Crippen molar-refractivity contribution in [1.29, 1.82) is 0 Å². The average Bonchev–Trinajstić information content (AvgIpc) is 3.83. The molecule has 3 aromatic carbocycles. The molecular formula is C42H39IN8O7S2. The van der Waals surface area contributed by atoms with Crippen LogP contribution in [0.3, 0.4) is 0 Å². The lowest BCUT2D eigenvalue weighted by atomic mass is 9.90. The molecule has 2 aliphatic heterocycles. The summed E-state index contributed by atoms with van der Waals surface area (Å²) in [6.45, 7) is 3.32. The highest BCUT2D eigenvalue weighted by molar-refractivity contribution is 14.1. The van der Waals surface area contributed by atoms with Gasteiger partial charge in [0, 0.05) is 55.9 Å². The second-order valence-corrected chi connectivity index (χ2v) is 16.6. The quantitative estimate of drug-likeness (QED) is 0.0237. The van der Waals surface area contributed by atoms with Gasteiger partial charge >= 0.3 is 5.97 Å². The molecule has 0 saturated carbocycles. The van der Waals surface area contributed by atoms with Gasteiger partial charge in [0.2, 0.25) is 6.79 Å². The lowest BCUT2D eigenvalue weighted by Crippen LogP contribution is -2.29. The summed E-state index contributed by atoms with van der Waals surface area (Å²) in [4.78, 5) is 39.2. The molecule has 7 N–H and O–H groups in total. The van der Waals surface area contributed by atoms with E-state index in [-0.39, 0.29) is 29.3 Å². The molecule has 0 spiro atoms. The van der Waals surface area contributed by atoms with E-state index in [2.05, 4.69) is 53.1 Å². The highest BCUT2D eigenvalue weighted by Gasteiger charge is 2.23. The van der Waals surface area contributed by atoms with E-state index in [1.165, 1.54) is 48.4 Å². The molecule has 4 heterocycles. The summed E-state index contributed by atoms with van der Waals surface area (Å²) in [6.07, 6.45) is 6.37. The van der Waals surface area contributed by atoms with Crippen molar-refractivity contribution in [3.8, 4) is 39.7 Å². The average molecular weight is 959 g/mol. The number of hydrogen-bond acceptors (Lipinski definition) is 13. The number of ether oxygens (including phenoxy) is 2. The molecule has 18 heteroatoms. The number of phenols is 1. The van der Waals surface area contributed by atoms with Gasteiger partial charge in [-0.1, -0.05) is 30.7 Å². The molecule has 0 atom stereocenters. The highest BCUT2D eigenvalue weighted by atomic mass is 127. The smallest absolute Gasteiger partial charge is 0.336 e. The van der Waals surface area contributed by atoms with Gasteiger partial charge in [0.25, 0.3) is 0 Å². The number of carboxylic acids is 1. The Morgan fingerprint density at radius 3 is 2.55 bits per heavy atom. The second kappa shape index (κ2) is 18.3. The lowest BCUT2D eigenvalue weighted by molar-refractivity contribution is 0.0697. The number of nitrogen functional groups attached to an aromatic ring is 1. The fraction of sp³-hybridized carbons (Fsp3) is 0.238. The minimum Gasteiger partial charge on any atom is -0.508 e. The van der Waals surface area contributed by atoms with E-state index >= 15 is 0 Å². The summed E-state index contributed by atoms with van der Waals surface area (Å²) in [5.74, 6) is 0.941. The molecule has 0 saturated heterocycles. The van der Waals surface area contributed by atoms with Gasteiger partial charge in [-0.15, -0.1) is 0 Å². The van der Waals surface area contributed by atoms with E-state index in [1.54, 1.807) is 24.3 Å². The zero-order valence-electron chi connectivity index (χ0n) is 32.0. The number of nitrogens with two attached hydrogens (primary N) is 1. The van der Waals surface area contributed by atoms with Gasteiger partial charge in [0.1, 0.15) is 23.4 Å². The normalized spacial score (nSPS) is 12.1. The maximum Gasteiger partial charge on any atom is 0.336 e. The fourth-order valence-corrected chi connectivity index (χ4v) is 8.98. The number of thiocarbonyl (C=S) groups is 1. The van der Waals surface area contributed by atoms with Crippen LogP contribution in [0.15, 0.2) is 92.3 Å². The number of anilines is 2. The van der Waals surface area contributed by atoms with Crippen molar-refractivity contribution < 1.29 is 28.9 Å². The highest BCUT2D eigenvalue weighted by Crippen LogP contribution is 2.43. The number of phenolic OH excluding ortho intramolecular Hbond substituents is 1. The predicted molar refractivity (Wildman–Crippen MR) is 242 cm³/mol. The monoisotopic (exact) mass is 958 g/mol. The number of nitrogens with one attached hydrogen (secondary N) is 3. The number of aromatic nitrogens is 4. The predicted octanol–water partition coefficient (Wildman–Crippen LogP) is 7.70. The molecule has 0 radical (unpaired) electrons. The molecule has 3 aliphatic rings. The van der Waals surface area contributed by atoms with Crippen LogP contribution in [0.25, 0.3) is 44.6 Å². The van der Waals surface area contributed by atoms with Crippen LogP contribution in [0.2, 0.25) is 0 Å². The third kappa shape index (κ3) is 9.05. The van der Waals surface area contributed by atoms with Crippen molar-refractivity contribution in [3.63, 3.8) is 0 Å². The largest absolute Gasteiger partial charge is 0.508 e. The number of aromatic carboxylic acids is 1. The lowest BCUT2D eigenvalue weighted by Gasteiger charge is -2.18. The first-order valence-corrected chi connectivity index (χ1v) is 21.5. The summed E-state index contributed by atoms with van der Waals surface area (Å²) in [6, 6.07) is 17.9. The van der Waals surface area contributed by atoms with Crippen molar-refractivity contribution in [2.45, 2.75) is 48.7 Å². The molecule has 0 fully saturated rings. The maximum atomic E-state index is 12.6. The van der Waals surface area contributed by atoms with Crippen molar-refractivity contribution in [3.05, 3.63) is 92.4 Å². The zero-order valence-corrected chi connectivity index (χ0v) is 35.8. The molecule has 15 nitrogen and oxygen atoms in total. The molecule has 0 unspecified atom stereocenters. The number of aryl methyl sites for hydroxylation is 1. The Hall–Kier alpha value is -5.70. The summed E-state index contributed by atoms with van der Waals surface area (Å²) in [5, 5.41) is 32.0. The Labute approximate surface area is 366 Å². The van der Waals surface area contributed by atoms with E-state index in [1.807, 2.05) is 12.1 Å². The van der Waals surface area contributed by atoms with E-state index in [0.717, 1.165) is 64.6 Å². The van der Waals surface area contributed by atoms with E-state index in [4.69, 9.17) is 36.8 Å². The van der Waals surface area contributed by atoms with Gasteiger partial charge in [-0.25, -0.2) is 19.7 Å². The Morgan fingerprint density at radius 2 is 1.72 bits per heavy atom. The summed E-state index contributed by atoms with van der Waals surface area (Å²) in [7, 11) is 0. The molecule has 0 amide bonds. The third-order valence-corrected chi connectivity index (χ3v) is 12.5. The number of fused-ring (bicyclic) bond motifs is 4. The molecule has 308 valence electrons. The number of hydrogen-bond donors (Lipinski definition) is 6. The minimum atomic E-state index is -1.13. The van der Waals surface area contributed by atoms with Crippen LogP contribution in [0.1, 0.15) is 42.5 Å². The third-order valence-electron chi connectivity index (χ3n) is 9.91. The van der Waals surface area contributed by atoms with Gasteiger partial charge < -0.3 is 50.4 Å². The Bertz CT molecular complexity index is 2780. The van der Waals surface area contributed by atoms with Crippen LogP contribution in [-0.4, -0.2) is 67.2 Å². The van der Waals surface area contributed by atoms with Crippen LogP contribution in [0, 0.1) is 3.57 Å². The minimum absolute atomic E-state index is 0.0172. The molecule has 1 aliphatic carbocycles. The van der Waals surface area contributed by atoms with Crippen molar-refractivity contribution in [1.82, 2.24) is 30.2 Å². The van der Waals surface area contributed by atoms with Crippen molar-refractivity contribution in [2.75, 3.05) is 37.5 Å². The van der Waals surface area contributed by atoms with Gasteiger partial charge in [-0.05, 0) is 121 Å². The van der Waals surface area contributed by atoms with Crippen LogP contribution in [0.5, 0.6) is 17.2 Å². The summed E-state index contributed by atoms with van der Waals surface area (Å²) in [5.41, 5.74) is 9.67. The first-order chi connectivity index (χ1) is 29.1. The fourth-order valence-electron chi connectivity index (χ4n) is 7.05. The number of aromatic hydroxyl groups is 1. The van der Waals surface area contributed by atoms with Gasteiger partial charge in [-0.3, -0.25) is 4.79 Å². The zero-order chi connectivity index (χ0) is 41.8. The van der Waals surface area contributed by atoms with Crippen molar-refractivity contribution >= 4 is 91.3 Å². The summed E-state index contributed by atoms with van der Waals surface area (Å²) >= 11 is 9.36. The number of rotatable bonds is 16. The molecule has 8 rings (SSSR count). The topological polar surface area (TPSA) is 212 Å². The first-order valence-electron chi connectivity index (χ1n) is 19.2. The maximum absolute atomic E-state index is 12.6.